The Balaban J connectivity index is 1.29. The second kappa shape index (κ2) is 8.09. The smallest absolute Gasteiger partial charge is 0.230 e. The van der Waals surface area contributed by atoms with Crippen LogP contribution in [0.1, 0.15) is 44.7 Å². The molecule has 3 aromatic heterocycles. The standard InChI is InChI=1S/C25H32N8/c1-18-21-14-19-15-27-24(30-23(19)33(21)25(17-28-18)8-4-3-5-9-25)29-22-7-6-20(16-26-22)32-12-10-31(2)11-13-32/h6-7,14-16H,3-5,8-13,17H2,1-2H3,(H,26,27,29,30). The van der Waals surface area contributed by atoms with Gasteiger partial charge in [0.2, 0.25) is 5.95 Å². The second-order valence-electron chi connectivity index (χ2n) is 9.84. The molecule has 1 aliphatic carbocycles. The Morgan fingerprint density at radius 1 is 0.970 bits per heavy atom. The lowest BCUT2D eigenvalue weighted by atomic mass is 9.80. The fourth-order valence-corrected chi connectivity index (χ4v) is 5.63. The molecule has 0 aromatic carbocycles. The van der Waals surface area contributed by atoms with Crippen LogP contribution < -0.4 is 10.2 Å². The molecular formula is C25H32N8. The van der Waals surface area contributed by atoms with Crippen molar-refractivity contribution in [2.45, 2.75) is 44.6 Å². The fraction of sp³-hybridized carbons (Fsp3) is 0.520. The highest BCUT2D eigenvalue weighted by Gasteiger charge is 2.39. The predicted octanol–water partition coefficient (Wildman–Crippen LogP) is 3.80. The molecule has 0 amide bonds. The topological polar surface area (TPSA) is 74.5 Å². The molecule has 3 aliphatic rings. The van der Waals surface area contributed by atoms with E-state index in [9.17, 15) is 0 Å². The summed E-state index contributed by atoms with van der Waals surface area (Å²) >= 11 is 0. The lowest BCUT2D eigenvalue weighted by Crippen LogP contribution is -2.44. The highest BCUT2D eigenvalue weighted by atomic mass is 15.3. The van der Waals surface area contributed by atoms with Crippen molar-refractivity contribution >= 4 is 34.2 Å². The molecule has 33 heavy (non-hydrogen) atoms. The number of hydrogen-bond acceptors (Lipinski definition) is 7. The van der Waals surface area contributed by atoms with E-state index in [1.807, 2.05) is 18.5 Å². The first-order chi connectivity index (χ1) is 16.1. The number of hydrogen-bond donors (Lipinski definition) is 1. The molecule has 0 radical (unpaired) electrons. The molecular weight excluding hydrogens is 412 g/mol. The van der Waals surface area contributed by atoms with Crippen molar-refractivity contribution in [3.05, 3.63) is 36.3 Å². The number of anilines is 3. The molecule has 1 saturated heterocycles. The van der Waals surface area contributed by atoms with Gasteiger partial charge in [0.05, 0.1) is 35.4 Å². The van der Waals surface area contributed by atoms with Crippen LogP contribution in [0.5, 0.6) is 0 Å². The van der Waals surface area contributed by atoms with Gasteiger partial charge in [0, 0.05) is 37.8 Å². The number of pyridine rings is 1. The molecule has 1 N–H and O–H groups in total. The van der Waals surface area contributed by atoms with Gasteiger partial charge in [-0.3, -0.25) is 4.99 Å². The van der Waals surface area contributed by atoms with Gasteiger partial charge < -0.3 is 19.7 Å². The highest BCUT2D eigenvalue weighted by molar-refractivity contribution is 6.02. The van der Waals surface area contributed by atoms with Crippen molar-refractivity contribution < 1.29 is 0 Å². The van der Waals surface area contributed by atoms with Crippen LogP contribution in [0.15, 0.2) is 35.6 Å². The maximum absolute atomic E-state index is 4.98. The molecule has 2 fully saturated rings. The molecule has 3 aromatic rings. The Morgan fingerprint density at radius 2 is 1.79 bits per heavy atom. The number of piperazine rings is 1. The SMILES string of the molecule is CC1=NCC2(CCCCC2)n2c1cc1cnc(Nc3ccc(N4CCN(C)CC4)cn3)nc12. The van der Waals surface area contributed by atoms with Gasteiger partial charge in [-0.2, -0.15) is 4.98 Å². The van der Waals surface area contributed by atoms with Crippen LogP contribution >= 0.6 is 0 Å². The normalized spacial score (nSPS) is 20.7. The minimum Gasteiger partial charge on any atom is -0.368 e. The Labute approximate surface area is 194 Å². The first-order valence-electron chi connectivity index (χ1n) is 12.2. The molecule has 2 aliphatic heterocycles. The second-order valence-corrected chi connectivity index (χ2v) is 9.84. The van der Waals surface area contributed by atoms with Crippen LogP contribution in [0.3, 0.4) is 0 Å². The quantitative estimate of drug-likeness (QED) is 0.662. The van der Waals surface area contributed by atoms with Gasteiger partial charge in [-0.1, -0.05) is 19.3 Å². The van der Waals surface area contributed by atoms with Crippen LogP contribution in [-0.4, -0.2) is 69.9 Å². The summed E-state index contributed by atoms with van der Waals surface area (Å²) in [6.07, 6.45) is 10.0. The Kier molecular flexibility index (Phi) is 5.05. The van der Waals surface area contributed by atoms with Crippen molar-refractivity contribution in [1.29, 1.82) is 0 Å². The van der Waals surface area contributed by atoms with Crippen molar-refractivity contribution in [2.75, 3.05) is 50.0 Å². The van der Waals surface area contributed by atoms with Gasteiger partial charge in [0.1, 0.15) is 11.5 Å². The average Bonchev–Trinajstić information content (AvgIpc) is 3.24. The number of aromatic nitrogens is 4. The summed E-state index contributed by atoms with van der Waals surface area (Å²) in [4.78, 5) is 23.9. The van der Waals surface area contributed by atoms with Crippen molar-refractivity contribution in [3.63, 3.8) is 0 Å². The van der Waals surface area contributed by atoms with Crippen LogP contribution in [0.25, 0.3) is 11.0 Å². The highest BCUT2D eigenvalue weighted by Crippen LogP contribution is 2.41. The summed E-state index contributed by atoms with van der Waals surface area (Å²) in [5.41, 5.74) is 4.52. The number of nitrogens with zero attached hydrogens (tertiary/aromatic N) is 7. The molecule has 0 atom stereocenters. The minimum atomic E-state index is 0.0584. The van der Waals surface area contributed by atoms with E-state index >= 15 is 0 Å². The van der Waals surface area contributed by atoms with Gasteiger partial charge in [0.15, 0.2) is 0 Å². The van der Waals surface area contributed by atoms with Gasteiger partial charge in [-0.25, -0.2) is 9.97 Å². The van der Waals surface area contributed by atoms with Crippen LogP contribution in [0.2, 0.25) is 0 Å². The Bertz CT molecular complexity index is 1180. The molecule has 0 bridgehead atoms. The van der Waals surface area contributed by atoms with Gasteiger partial charge in [-0.15, -0.1) is 0 Å². The van der Waals surface area contributed by atoms with E-state index in [1.165, 1.54) is 43.5 Å². The zero-order chi connectivity index (χ0) is 22.4. The fourth-order valence-electron chi connectivity index (χ4n) is 5.63. The molecule has 6 rings (SSSR count). The number of likely N-dealkylation sites (N-methyl/N-ethyl adjacent to an activating group) is 1. The number of fused-ring (bicyclic) bond motifs is 4. The third-order valence-electron chi connectivity index (χ3n) is 7.64. The largest absolute Gasteiger partial charge is 0.368 e. The van der Waals surface area contributed by atoms with E-state index in [-0.39, 0.29) is 5.54 Å². The van der Waals surface area contributed by atoms with E-state index < -0.39 is 0 Å². The maximum Gasteiger partial charge on any atom is 0.230 e. The summed E-state index contributed by atoms with van der Waals surface area (Å²) in [5.74, 6) is 1.36. The van der Waals surface area contributed by atoms with Crippen molar-refractivity contribution in [1.82, 2.24) is 24.4 Å². The first-order valence-corrected chi connectivity index (χ1v) is 12.2. The van der Waals surface area contributed by atoms with Gasteiger partial charge in [-0.05, 0) is 45.0 Å². The first kappa shape index (κ1) is 20.6. The van der Waals surface area contributed by atoms with E-state index in [0.29, 0.717) is 5.95 Å². The lowest BCUT2D eigenvalue weighted by molar-refractivity contribution is 0.203. The lowest BCUT2D eigenvalue weighted by Gasteiger charge is -2.41. The Morgan fingerprint density at radius 3 is 2.55 bits per heavy atom. The van der Waals surface area contributed by atoms with Gasteiger partial charge >= 0.3 is 0 Å². The Hall–Kier alpha value is -3.00. The summed E-state index contributed by atoms with van der Waals surface area (Å²) in [6, 6.07) is 6.36. The third kappa shape index (κ3) is 3.66. The van der Waals surface area contributed by atoms with E-state index in [1.54, 1.807) is 0 Å². The third-order valence-corrected chi connectivity index (χ3v) is 7.64. The van der Waals surface area contributed by atoms with E-state index in [4.69, 9.17) is 9.98 Å². The van der Waals surface area contributed by atoms with Crippen LogP contribution in [0.4, 0.5) is 17.5 Å². The molecule has 5 heterocycles. The van der Waals surface area contributed by atoms with E-state index in [0.717, 1.165) is 55.3 Å². The zero-order valence-electron chi connectivity index (χ0n) is 19.6. The summed E-state index contributed by atoms with van der Waals surface area (Å²) < 4.78 is 2.47. The number of aliphatic imine (C=N–C) groups is 1. The summed E-state index contributed by atoms with van der Waals surface area (Å²) in [5, 5.41) is 4.41. The summed E-state index contributed by atoms with van der Waals surface area (Å²) in [7, 11) is 2.17. The zero-order valence-corrected chi connectivity index (χ0v) is 19.6. The number of nitrogens with one attached hydrogen (secondary N) is 1. The average molecular weight is 445 g/mol. The molecule has 0 unspecified atom stereocenters. The maximum atomic E-state index is 4.98. The van der Waals surface area contributed by atoms with Crippen molar-refractivity contribution in [2.24, 2.45) is 4.99 Å². The predicted molar refractivity (Wildman–Crippen MR) is 133 cm³/mol. The van der Waals surface area contributed by atoms with Gasteiger partial charge in [0.25, 0.3) is 0 Å². The number of rotatable bonds is 3. The summed E-state index contributed by atoms with van der Waals surface area (Å²) in [6.45, 7) is 7.21. The molecule has 1 spiro atoms. The van der Waals surface area contributed by atoms with Crippen LogP contribution in [0, 0.1) is 0 Å². The minimum absolute atomic E-state index is 0.0584. The van der Waals surface area contributed by atoms with E-state index in [2.05, 4.69) is 55.8 Å². The molecule has 8 nitrogen and oxygen atoms in total. The molecule has 1 saturated carbocycles. The monoisotopic (exact) mass is 444 g/mol. The van der Waals surface area contributed by atoms with Crippen LogP contribution in [-0.2, 0) is 5.54 Å². The molecule has 172 valence electrons. The van der Waals surface area contributed by atoms with Crippen molar-refractivity contribution in [3.8, 4) is 0 Å². The molecule has 8 heteroatoms.